The Morgan fingerprint density at radius 2 is 1.47 bits per heavy atom. The average Bonchev–Trinajstić information content (AvgIpc) is 2.12. The molecule has 0 spiro atoms. The van der Waals surface area contributed by atoms with Crippen LogP contribution >= 0.6 is 15.9 Å². The molecular formula is C9H4BrF7. The fourth-order valence-corrected chi connectivity index (χ4v) is 1.58. The molecule has 0 heterocycles. The summed E-state index contributed by atoms with van der Waals surface area (Å²) in [6, 6.07) is 0.702. The molecule has 1 aromatic carbocycles. The summed E-state index contributed by atoms with van der Waals surface area (Å²) in [5, 5.41) is -0.175. The van der Waals surface area contributed by atoms with Crippen LogP contribution in [0, 0.1) is 5.82 Å². The maximum atomic E-state index is 13.1. The van der Waals surface area contributed by atoms with Crippen LogP contribution in [-0.4, -0.2) is 0 Å². The van der Waals surface area contributed by atoms with E-state index in [4.69, 9.17) is 0 Å². The molecule has 0 aliphatic heterocycles. The summed E-state index contributed by atoms with van der Waals surface area (Å²) < 4.78 is 87.2. The lowest BCUT2D eigenvalue weighted by molar-refractivity contribution is -0.163. The highest BCUT2D eigenvalue weighted by Crippen LogP contribution is 2.42. The second kappa shape index (κ2) is 4.47. The van der Waals surface area contributed by atoms with E-state index in [0.717, 1.165) is 0 Å². The van der Waals surface area contributed by atoms with Gasteiger partial charge in [0.2, 0.25) is 0 Å². The zero-order chi connectivity index (χ0) is 13.4. The molecule has 8 heteroatoms. The minimum Gasteiger partial charge on any atom is -0.206 e. The van der Waals surface area contributed by atoms with Crippen LogP contribution in [-0.2, 0) is 17.7 Å². The standard InChI is InChI=1S/C9H4BrF7/c10-3-4-1-5(8(12,13)14)7(6(11)2-4)9(15,16)17/h1-2H,3H2. The molecular weight excluding hydrogens is 321 g/mol. The Balaban J connectivity index is 3.58. The average molecular weight is 325 g/mol. The molecule has 0 amide bonds. The van der Waals surface area contributed by atoms with Gasteiger partial charge in [-0.05, 0) is 17.7 Å². The van der Waals surface area contributed by atoms with Crippen LogP contribution in [0.1, 0.15) is 16.7 Å². The first kappa shape index (κ1) is 14.3. The smallest absolute Gasteiger partial charge is 0.206 e. The molecule has 0 unspecified atom stereocenters. The SMILES string of the molecule is Fc1cc(CBr)cc(C(F)(F)F)c1C(F)(F)F. The van der Waals surface area contributed by atoms with Crippen molar-refractivity contribution in [3.05, 3.63) is 34.6 Å². The van der Waals surface area contributed by atoms with Crippen LogP contribution in [0.5, 0.6) is 0 Å². The third kappa shape index (κ3) is 3.11. The van der Waals surface area contributed by atoms with Gasteiger partial charge in [0.1, 0.15) is 11.4 Å². The quantitative estimate of drug-likeness (QED) is 0.516. The van der Waals surface area contributed by atoms with Gasteiger partial charge in [-0.25, -0.2) is 4.39 Å². The normalized spacial score (nSPS) is 12.9. The van der Waals surface area contributed by atoms with Crippen LogP contribution in [0.3, 0.4) is 0 Å². The molecule has 0 N–H and O–H groups in total. The van der Waals surface area contributed by atoms with Crippen LogP contribution in [0.25, 0.3) is 0 Å². The summed E-state index contributed by atoms with van der Waals surface area (Å²) in [6.07, 6.45) is -10.6. The monoisotopic (exact) mass is 324 g/mol. The largest absolute Gasteiger partial charge is 0.419 e. The number of alkyl halides is 7. The van der Waals surface area contributed by atoms with E-state index in [-0.39, 0.29) is 17.0 Å². The Labute approximate surface area is 99.6 Å². The van der Waals surface area contributed by atoms with Gasteiger partial charge in [-0.2, -0.15) is 26.3 Å². The first-order valence-corrected chi connectivity index (χ1v) is 5.22. The molecule has 0 aromatic heterocycles. The van der Waals surface area contributed by atoms with Crippen LogP contribution in [0.4, 0.5) is 30.7 Å². The number of benzene rings is 1. The predicted octanol–water partition coefficient (Wildman–Crippen LogP) is 4.76. The van der Waals surface area contributed by atoms with Gasteiger partial charge in [0.05, 0.1) is 5.56 Å². The molecule has 0 nitrogen and oxygen atoms in total. The van der Waals surface area contributed by atoms with Crippen LogP contribution in [0.15, 0.2) is 12.1 Å². The Morgan fingerprint density at radius 3 is 1.82 bits per heavy atom. The Kier molecular flexibility index (Phi) is 3.75. The van der Waals surface area contributed by atoms with Crippen LogP contribution in [0.2, 0.25) is 0 Å². The van der Waals surface area contributed by atoms with Gasteiger partial charge in [0.15, 0.2) is 0 Å². The van der Waals surface area contributed by atoms with E-state index in [1.807, 2.05) is 0 Å². The van der Waals surface area contributed by atoms with Crippen molar-refractivity contribution in [3.8, 4) is 0 Å². The third-order valence-electron chi connectivity index (χ3n) is 1.89. The molecule has 0 aliphatic rings. The molecule has 0 atom stereocenters. The van der Waals surface area contributed by atoms with E-state index in [0.29, 0.717) is 6.07 Å². The lowest BCUT2D eigenvalue weighted by atomic mass is 10.0. The summed E-state index contributed by atoms with van der Waals surface area (Å²) in [7, 11) is 0. The van der Waals surface area contributed by atoms with Gasteiger partial charge in [-0.1, -0.05) is 15.9 Å². The summed E-state index contributed by atoms with van der Waals surface area (Å²) in [6.45, 7) is 0. The molecule has 17 heavy (non-hydrogen) atoms. The van der Waals surface area contributed by atoms with Crippen molar-refractivity contribution in [2.24, 2.45) is 0 Å². The Hall–Kier alpha value is -0.790. The van der Waals surface area contributed by atoms with E-state index < -0.39 is 29.3 Å². The van der Waals surface area contributed by atoms with E-state index in [1.54, 1.807) is 0 Å². The second-order valence-electron chi connectivity index (χ2n) is 3.13. The zero-order valence-electron chi connectivity index (χ0n) is 7.89. The molecule has 0 bridgehead atoms. The van der Waals surface area contributed by atoms with E-state index >= 15 is 0 Å². The summed E-state index contributed by atoms with van der Waals surface area (Å²) in [4.78, 5) is 0. The van der Waals surface area contributed by atoms with Crippen molar-refractivity contribution in [1.29, 1.82) is 0 Å². The molecule has 0 radical (unpaired) electrons. The van der Waals surface area contributed by atoms with Crippen molar-refractivity contribution < 1.29 is 30.7 Å². The number of halogens is 8. The molecule has 0 fully saturated rings. The minimum atomic E-state index is -5.39. The molecule has 0 saturated heterocycles. The first-order chi connectivity index (χ1) is 7.57. The van der Waals surface area contributed by atoms with Gasteiger partial charge < -0.3 is 0 Å². The van der Waals surface area contributed by atoms with Gasteiger partial charge in [0, 0.05) is 5.33 Å². The van der Waals surface area contributed by atoms with Crippen molar-refractivity contribution >= 4 is 15.9 Å². The predicted molar refractivity (Wildman–Crippen MR) is 49.0 cm³/mol. The van der Waals surface area contributed by atoms with Crippen molar-refractivity contribution in [2.75, 3.05) is 0 Å². The Bertz CT molecular complexity index is 419. The number of rotatable bonds is 1. The van der Waals surface area contributed by atoms with Crippen molar-refractivity contribution in [1.82, 2.24) is 0 Å². The van der Waals surface area contributed by atoms with Gasteiger partial charge in [-0.15, -0.1) is 0 Å². The van der Waals surface area contributed by atoms with Gasteiger partial charge in [0.25, 0.3) is 0 Å². The molecule has 0 saturated carbocycles. The molecule has 96 valence electrons. The summed E-state index contributed by atoms with van der Waals surface area (Å²) in [5.41, 5.74) is -4.52. The highest BCUT2D eigenvalue weighted by molar-refractivity contribution is 9.08. The van der Waals surface area contributed by atoms with Crippen molar-refractivity contribution in [3.63, 3.8) is 0 Å². The minimum absolute atomic E-state index is 0.175. The summed E-state index contributed by atoms with van der Waals surface area (Å²) >= 11 is 2.75. The van der Waals surface area contributed by atoms with E-state index in [1.165, 1.54) is 0 Å². The number of hydrogen-bond donors (Lipinski definition) is 0. The fraction of sp³-hybridized carbons (Fsp3) is 0.333. The molecule has 0 aliphatic carbocycles. The van der Waals surface area contributed by atoms with E-state index in [2.05, 4.69) is 15.9 Å². The fourth-order valence-electron chi connectivity index (χ4n) is 1.25. The van der Waals surface area contributed by atoms with Crippen LogP contribution < -0.4 is 0 Å². The van der Waals surface area contributed by atoms with Crippen molar-refractivity contribution in [2.45, 2.75) is 17.7 Å². The van der Waals surface area contributed by atoms with Gasteiger partial charge >= 0.3 is 12.4 Å². The third-order valence-corrected chi connectivity index (χ3v) is 2.54. The topological polar surface area (TPSA) is 0 Å². The lowest BCUT2D eigenvalue weighted by Gasteiger charge is -2.17. The zero-order valence-corrected chi connectivity index (χ0v) is 9.47. The first-order valence-electron chi connectivity index (χ1n) is 4.10. The van der Waals surface area contributed by atoms with E-state index in [9.17, 15) is 30.7 Å². The summed E-state index contributed by atoms with van der Waals surface area (Å²) in [5.74, 6) is -1.93. The molecule has 1 rings (SSSR count). The highest BCUT2D eigenvalue weighted by atomic mass is 79.9. The maximum absolute atomic E-state index is 13.1. The highest BCUT2D eigenvalue weighted by Gasteiger charge is 2.45. The molecule has 1 aromatic rings. The number of hydrogen-bond acceptors (Lipinski definition) is 0. The lowest BCUT2D eigenvalue weighted by Crippen LogP contribution is -2.19. The van der Waals surface area contributed by atoms with Gasteiger partial charge in [-0.3, -0.25) is 0 Å². The Morgan fingerprint density at radius 1 is 0.941 bits per heavy atom. The maximum Gasteiger partial charge on any atom is 0.419 e. The second-order valence-corrected chi connectivity index (χ2v) is 3.69.